The predicted octanol–water partition coefficient (Wildman–Crippen LogP) is 5.16. The van der Waals surface area contributed by atoms with Crippen LogP contribution in [-0.4, -0.2) is 30.5 Å². The Morgan fingerprint density at radius 3 is 1.61 bits per heavy atom. The summed E-state index contributed by atoms with van der Waals surface area (Å²) in [6.07, 6.45) is -6.53. The van der Waals surface area contributed by atoms with Gasteiger partial charge < -0.3 is 5.32 Å². The van der Waals surface area contributed by atoms with Crippen LogP contribution in [0.5, 0.6) is 0 Å². The molecule has 2 nitrogen and oxygen atoms in total. The normalized spacial score (nSPS) is 12.9. The molecule has 0 saturated carbocycles. The summed E-state index contributed by atoms with van der Waals surface area (Å²) < 4.78 is 89.2. The minimum atomic E-state index is -6.55. The van der Waals surface area contributed by atoms with Crippen molar-refractivity contribution < 1.29 is 35.5 Å². The van der Waals surface area contributed by atoms with Gasteiger partial charge in [0.25, 0.3) is 5.91 Å². The Morgan fingerprint density at radius 1 is 0.786 bits per heavy atom. The maximum atomic E-state index is 13.4. The van der Waals surface area contributed by atoms with Gasteiger partial charge in [-0.15, -0.1) is 0 Å². The molecule has 0 saturated heterocycles. The van der Waals surface area contributed by atoms with Crippen molar-refractivity contribution in [1.82, 2.24) is 5.32 Å². The molecule has 0 fully saturated rings. The highest BCUT2D eigenvalue weighted by molar-refractivity contribution is 5.84. The standard InChI is InChI=1S/C19H16F7NO/c20-17(21,18(22,23)19(24,25)26)16(28)27-12-11-15(13-7-3-1-4-8-13)14-9-5-2-6-10-14/h1-10,15H,11-12H2,(H,27,28). The summed E-state index contributed by atoms with van der Waals surface area (Å²) in [5, 5.41) is 1.50. The predicted molar refractivity (Wildman–Crippen MR) is 88.3 cm³/mol. The van der Waals surface area contributed by atoms with E-state index in [1.54, 1.807) is 60.7 Å². The van der Waals surface area contributed by atoms with Gasteiger partial charge in [-0.2, -0.15) is 30.7 Å². The third kappa shape index (κ3) is 4.45. The minimum absolute atomic E-state index is 0.0213. The van der Waals surface area contributed by atoms with Crippen molar-refractivity contribution in [2.24, 2.45) is 0 Å². The van der Waals surface area contributed by atoms with E-state index in [9.17, 15) is 35.5 Å². The molecule has 1 N–H and O–H groups in total. The quantitative estimate of drug-likeness (QED) is 0.632. The molecular formula is C19H16F7NO. The Balaban J connectivity index is 2.11. The molecule has 0 unspecified atom stereocenters. The van der Waals surface area contributed by atoms with E-state index < -0.39 is 30.5 Å². The number of rotatable bonds is 7. The molecule has 0 aliphatic heterocycles. The van der Waals surface area contributed by atoms with Gasteiger partial charge in [0.05, 0.1) is 0 Å². The highest BCUT2D eigenvalue weighted by Gasteiger charge is 2.76. The van der Waals surface area contributed by atoms with Gasteiger partial charge in [0.2, 0.25) is 0 Å². The summed E-state index contributed by atoms with van der Waals surface area (Å²) in [4.78, 5) is 11.4. The zero-order valence-corrected chi connectivity index (χ0v) is 14.3. The molecule has 0 heterocycles. The van der Waals surface area contributed by atoms with Crippen LogP contribution in [0.2, 0.25) is 0 Å². The van der Waals surface area contributed by atoms with E-state index in [2.05, 4.69) is 0 Å². The second-order valence-electron chi connectivity index (χ2n) is 6.07. The van der Waals surface area contributed by atoms with E-state index in [-0.39, 0.29) is 12.3 Å². The molecule has 2 rings (SSSR count). The lowest BCUT2D eigenvalue weighted by Gasteiger charge is -2.27. The average molecular weight is 407 g/mol. The van der Waals surface area contributed by atoms with Crippen molar-refractivity contribution in [1.29, 1.82) is 0 Å². The monoisotopic (exact) mass is 407 g/mol. The van der Waals surface area contributed by atoms with E-state index in [0.29, 0.717) is 0 Å². The number of nitrogens with one attached hydrogen (secondary N) is 1. The maximum Gasteiger partial charge on any atom is 0.460 e. The average Bonchev–Trinajstić information content (AvgIpc) is 2.65. The van der Waals surface area contributed by atoms with Crippen molar-refractivity contribution >= 4 is 5.91 Å². The van der Waals surface area contributed by atoms with Crippen LogP contribution in [0.1, 0.15) is 23.5 Å². The topological polar surface area (TPSA) is 29.1 Å². The lowest BCUT2D eigenvalue weighted by molar-refractivity contribution is -0.344. The fraction of sp³-hybridized carbons (Fsp3) is 0.316. The Hall–Kier alpha value is -2.58. The van der Waals surface area contributed by atoms with E-state index in [4.69, 9.17) is 0 Å². The number of hydrogen-bond donors (Lipinski definition) is 1. The molecule has 28 heavy (non-hydrogen) atoms. The minimum Gasteiger partial charge on any atom is -0.351 e. The molecule has 0 spiro atoms. The second kappa shape index (κ2) is 8.20. The molecule has 1 amide bonds. The largest absolute Gasteiger partial charge is 0.460 e. The molecule has 0 aromatic heterocycles. The van der Waals surface area contributed by atoms with Crippen molar-refractivity contribution in [2.45, 2.75) is 30.4 Å². The van der Waals surface area contributed by atoms with Crippen LogP contribution < -0.4 is 5.32 Å². The van der Waals surface area contributed by atoms with E-state index in [1.165, 1.54) is 5.32 Å². The summed E-state index contributed by atoms with van der Waals surface area (Å²) >= 11 is 0. The summed E-state index contributed by atoms with van der Waals surface area (Å²) in [5.74, 6) is -15.4. The van der Waals surface area contributed by atoms with Crippen molar-refractivity contribution in [2.75, 3.05) is 6.54 Å². The van der Waals surface area contributed by atoms with Crippen LogP contribution in [0.25, 0.3) is 0 Å². The van der Waals surface area contributed by atoms with Crippen LogP contribution in [0.15, 0.2) is 60.7 Å². The zero-order valence-electron chi connectivity index (χ0n) is 14.3. The van der Waals surface area contributed by atoms with Gasteiger partial charge in [-0.1, -0.05) is 60.7 Å². The first kappa shape index (κ1) is 21.7. The molecule has 0 atom stereocenters. The number of halogens is 7. The first-order valence-electron chi connectivity index (χ1n) is 8.19. The molecular weight excluding hydrogens is 391 g/mol. The Kier molecular flexibility index (Phi) is 6.36. The van der Waals surface area contributed by atoms with Crippen LogP contribution in [0, 0.1) is 0 Å². The summed E-state index contributed by atoms with van der Waals surface area (Å²) in [7, 11) is 0. The molecule has 0 bridgehead atoms. The third-order valence-corrected chi connectivity index (χ3v) is 4.16. The number of carbonyl (C=O) groups excluding carboxylic acids is 1. The summed E-state index contributed by atoms with van der Waals surface area (Å²) in [5.41, 5.74) is 1.55. The highest BCUT2D eigenvalue weighted by Crippen LogP contribution is 2.46. The smallest absolute Gasteiger partial charge is 0.351 e. The number of alkyl halides is 7. The van der Waals surface area contributed by atoms with Crippen molar-refractivity contribution in [3.05, 3.63) is 71.8 Å². The van der Waals surface area contributed by atoms with E-state index in [0.717, 1.165) is 11.1 Å². The highest BCUT2D eigenvalue weighted by atomic mass is 19.4. The van der Waals surface area contributed by atoms with Crippen molar-refractivity contribution in [3.63, 3.8) is 0 Å². The van der Waals surface area contributed by atoms with Crippen LogP contribution in [-0.2, 0) is 4.79 Å². The SMILES string of the molecule is O=C(NCCC(c1ccccc1)c1ccccc1)C(F)(F)C(F)(F)C(F)(F)F. The summed E-state index contributed by atoms with van der Waals surface area (Å²) in [6.45, 7) is -0.517. The molecule has 9 heteroatoms. The fourth-order valence-electron chi connectivity index (χ4n) is 2.66. The maximum absolute atomic E-state index is 13.4. The number of amides is 1. The van der Waals surface area contributed by atoms with Crippen LogP contribution in [0.3, 0.4) is 0 Å². The van der Waals surface area contributed by atoms with Gasteiger partial charge >= 0.3 is 18.0 Å². The lowest BCUT2D eigenvalue weighted by atomic mass is 9.88. The fourth-order valence-corrected chi connectivity index (χ4v) is 2.66. The van der Waals surface area contributed by atoms with Gasteiger partial charge in [0.15, 0.2) is 0 Å². The van der Waals surface area contributed by atoms with Gasteiger partial charge in [0, 0.05) is 12.5 Å². The Morgan fingerprint density at radius 2 is 1.21 bits per heavy atom. The Bertz CT molecular complexity index is 736. The molecule has 152 valence electrons. The molecule has 0 radical (unpaired) electrons. The zero-order chi connectivity index (χ0) is 21.0. The second-order valence-corrected chi connectivity index (χ2v) is 6.07. The van der Waals surface area contributed by atoms with Gasteiger partial charge in [-0.05, 0) is 17.5 Å². The third-order valence-electron chi connectivity index (χ3n) is 4.16. The number of benzene rings is 2. The summed E-state index contributed by atoms with van der Waals surface area (Å²) in [6, 6.07) is 17.5. The first-order chi connectivity index (χ1) is 13.0. The van der Waals surface area contributed by atoms with Gasteiger partial charge in [0.1, 0.15) is 0 Å². The number of hydrogen-bond acceptors (Lipinski definition) is 1. The van der Waals surface area contributed by atoms with Crippen LogP contribution >= 0.6 is 0 Å². The van der Waals surface area contributed by atoms with Crippen molar-refractivity contribution in [3.8, 4) is 0 Å². The molecule has 0 aliphatic rings. The van der Waals surface area contributed by atoms with E-state index >= 15 is 0 Å². The lowest BCUT2D eigenvalue weighted by Crippen LogP contribution is -2.59. The molecule has 2 aromatic carbocycles. The molecule has 2 aromatic rings. The first-order valence-corrected chi connectivity index (χ1v) is 8.19. The number of carbonyl (C=O) groups is 1. The van der Waals surface area contributed by atoms with E-state index in [1.807, 2.05) is 0 Å². The van der Waals surface area contributed by atoms with Gasteiger partial charge in [-0.25, -0.2) is 0 Å². The molecule has 0 aliphatic carbocycles. The Labute approximate surface area is 156 Å². The van der Waals surface area contributed by atoms with Crippen LogP contribution in [0.4, 0.5) is 30.7 Å². The van der Waals surface area contributed by atoms with Gasteiger partial charge in [-0.3, -0.25) is 4.79 Å².